The predicted molar refractivity (Wildman–Crippen MR) is 120 cm³/mol. The van der Waals surface area contributed by atoms with Crippen LogP contribution in [-0.4, -0.2) is 38.3 Å². The summed E-state index contributed by atoms with van der Waals surface area (Å²) in [6.07, 6.45) is 0.882. The Kier molecular flexibility index (Phi) is 6.34. The van der Waals surface area contributed by atoms with Crippen molar-refractivity contribution < 1.29 is 14.2 Å². The first-order valence-electron chi connectivity index (χ1n) is 9.71. The summed E-state index contributed by atoms with van der Waals surface area (Å²) in [4.78, 5) is 9.01. The molecule has 0 bridgehead atoms. The zero-order valence-corrected chi connectivity index (χ0v) is 17.8. The van der Waals surface area contributed by atoms with Gasteiger partial charge in [0.2, 0.25) is 0 Å². The van der Waals surface area contributed by atoms with Crippen LogP contribution in [0.15, 0.2) is 52.8 Å². The van der Waals surface area contributed by atoms with Crippen LogP contribution in [0, 0.1) is 0 Å². The Hall–Kier alpha value is -3.26. The van der Waals surface area contributed by atoms with Crippen LogP contribution in [0.1, 0.15) is 12.1 Å². The number of ether oxygens (including phenoxy) is 3. The smallest absolute Gasteiger partial charge is 0.195 e. The Balaban J connectivity index is 1.37. The highest BCUT2D eigenvalue weighted by molar-refractivity contribution is 7.13. The third-order valence-corrected chi connectivity index (χ3v) is 5.50. The molecule has 8 heteroatoms. The van der Waals surface area contributed by atoms with Crippen LogP contribution < -0.4 is 24.8 Å². The van der Waals surface area contributed by atoms with Crippen LogP contribution in [0.3, 0.4) is 0 Å². The van der Waals surface area contributed by atoms with Gasteiger partial charge in [0.25, 0.3) is 0 Å². The zero-order valence-electron chi connectivity index (χ0n) is 17.0. The van der Waals surface area contributed by atoms with Crippen LogP contribution in [0.4, 0.5) is 5.69 Å². The van der Waals surface area contributed by atoms with Crippen molar-refractivity contribution in [3.8, 4) is 27.8 Å². The maximum atomic E-state index is 5.75. The van der Waals surface area contributed by atoms with Gasteiger partial charge in [0, 0.05) is 36.2 Å². The Morgan fingerprint density at radius 1 is 1.13 bits per heavy atom. The third-order valence-electron chi connectivity index (χ3n) is 4.56. The summed E-state index contributed by atoms with van der Waals surface area (Å²) in [6.45, 7) is 1.90. The number of hydrogen-bond acceptors (Lipinski definition) is 6. The second-order valence-corrected chi connectivity index (χ2v) is 7.49. The number of nitrogens with one attached hydrogen (secondary N) is 2. The first-order chi connectivity index (χ1) is 14.7. The monoisotopic (exact) mass is 424 g/mol. The van der Waals surface area contributed by atoms with E-state index in [1.807, 2.05) is 47.8 Å². The van der Waals surface area contributed by atoms with Gasteiger partial charge in [0.1, 0.15) is 10.8 Å². The van der Waals surface area contributed by atoms with Gasteiger partial charge in [-0.25, -0.2) is 4.98 Å². The van der Waals surface area contributed by atoms with E-state index < -0.39 is 0 Å². The molecule has 0 amide bonds. The van der Waals surface area contributed by atoms with E-state index in [-0.39, 0.29) is 0 Å². The lowest BCUT2D eigenvalue weighted by Crippen LogP contribution is -2.30. The number of guanidine groups is 1. The van der Waals surface area contributed by atoms with Crippen molar-refractivity contribution in [2.24, 2.45) is 4.99 Å². The molecule has 2 aromatic carbocycles. The molecule has 0 saturated heterocycles. The SMILES string of the molecule is CN=C(NCc1csc(-c2ccc(OC)cc2)n1)Nc1ccc2c(c1)OCCCO2. The molecule has 2 N–H and O–H groups in total. The Labute approximate surface area is 179 Å². The number of aliphatic imine (C=N–C) groups is 1. The van der Waals surface area contributed by atoms with Gasteiger partial charge in [-0.3, -0.25) is 4.99 Å². The summed E-state index contributed by atoms with van der Waals surface area (Å²) in [7, 11) is 3.40. The van der Waals surface area contributed by atoms with Crippen LogP contribution in [-0.2, 0) is 6.54 Å². The van der Waals surface area contributed by atoms with Gasteiger partial charge in [0.05, 0.1) is 32.6 Å². The van der Waals surface area contributed by atoms with Crippen LogP contribution in [0.2, 0.25) is 0 Å². The number of fused-ring (bicyclic) bond motifs is 1. The molecule has 156 valence electrons. The molecule has 0 atom stereocenters. The standard InChI is InChI=1S/C22H24N4O3S/c1-23-22(26-16-6-9-19-20(12-16)29-11-3-10-28-19)24-13-17-14-30-21(25-17)15-4-7-18(27-2)8-5-15/h4-9,12,14H,3,10-11,13H2,1-2H3,(H2,23,24,26). The normalized spacial score (nSPS) is 13.5. The summed E-state index contributed by atoms with van der Waals surface area (Å²) in [6, 6.07) is 13.7. The van der Waals surface area contributed by atoms with Crippen molar-refractivity contribution in [1.29, 1.82) is 0 Å². The molecule has 0 saturated carbocycles. The van der Waals surface area contributed by atoms with Crippen molar-refractivity contribution in [1.82, 2.24) is 10.3 Å². The predicted octanol–water partition coefficient (Wildman–Crippen LogP) is 4.17. The van der Waals surface area contributed by atoms with Gasteiger partial charge in [-0.15, -0.1) is 11.3 Å². The van der Waals surface area contributed by atoms with E-state index in [2.05, 4.69) is 15.6 Å². The van der Waals surface area contributed by atoms with Gasteiger partial charge in [-0.05, 0) is 36.4 Å². The minimum atomic E-state index is 0.566. The summed E-state index contributed by atoms with van der Waals surface area (Å²) in [5, 5.41) is 9.61. The maximum absolute atomic E-state index is 5.75. The second-order valence-electron chi connectivity index (χ2n) is 6.64. The molecule has 30 heavy (non-hydrogen) atoms. The Morgan fingerprint density at radius 3 is 2.70 bits per heavy atom. The minimum absolute atomic E-state index is 0.566. The minimum Gasteiger partial charge on any atom is -0.497 e. The summed E-state index contributed by atoms with van der Waals surface area (Å²) >= 11 is 1.61. The number of methoxy groups -OCH3 is 1. The summed E-state index contributed by atoms with van der Waals surface area (Å²) in [5.41, 5.74) is 2.90. The molecule has 4 rings (SSSR count). The molecule has 0 fully saturated rings. The van der Waals surface area contributed by atoms with Crippen molar-refractivity contribution in [3.05, 3.63) is 53.5 Å². The van der Waals surface area contributed by atoms with E-state index in [0.29, 0.717) is 25.7 Å². The summed E-state index contributed by atoms with van der Waals surface area (Å²) in [5.74, 6) is 3.01. The zero-order chi connectivity index (χ0) is 20.8. The van der Waals surface area contributed by atoms with Gasteiger partial charge < -0.3 is 24.8 Å². The van der Waals surface area contributed by atoms with Crippen molar-refractivity contribution in [2.75, 3.05) is 32.7 Å². The van der Waals surface area contributed by atoms with E-state index >= 15 is 0 Å². The highest BCUT2D eigenvalue weighted by atomic mass is 32.1. The first-order valence-corrected chi connectivity index (χ1v) is 10.6. The van der Waals surface area contributed by atoms with E-state index in [4.69, 9.17) is 19.2 Å². The van der Waals surface area contributed by atoms with Gasteiger partial charge in [0.15, 0.2) is 17.5 Å². The number of anilines is 1. The average Bonchev–Trinajstić information content (AvgIpc) is 3.14. The fraction of sp³-hybridized carbons (Fsp3) is 0.273. The molecule has 1 aliphatic heterocycles. The quantitative estimate of drug-likeness (QED) is 0.473. The number of aromatic nitrogens is 1. The fourth-order valence-corrected chi connectivity index (χ4v) is 3.81. The molecule has 3 aromatic rings. The van der Waals surface area contributed by atoms with Gasteiger partial charge in [-0.1, -0.05) is 0 Å². The van der Waals surface area contributed by atoms with Crippen LogP contribution in [0.25, 0.3) is 10.6 Å². The van der Waals surface area contributed by atoms with Crippen molar-refractivity contribution in [3.63, 3.8) is 0 Å². The molecule has 1 aliphatic rings. The Bertz CT molecular complexity index is 1020. The van der Waals surface area contributed by atoms with Crippen molar-refractivity contribution >= 4 is 23.0 Å². The molecule has 2 heterocycles. The summed E-state index contributed by atoms with van der Waals surface area (Å²) < 4.78 is 16.6. The lowest BCUT2D eigenvalue weighted by Gasteiger charge is -2.13. The molecule has 0 spiro atoms. The largest absolute Gasteiger partial charge is 0.497 e. The second kappa shape index (κ2) is 9.49. The maximum Gasteiger partial charge on any atom is 0.195 e. The topological polar surface area (TPSA) is 77.0 Å². The lowest BCUT2D eigenvalue weighted by molar-refractivity contribution is 0.297. The van der Waals surface area contributed by atoms with E-state index in [9.17, 15) is 0 Å². The number of rotatable bonds is 5. The number of hydrogen-bond donors (Lipinski definition) is 2. The van der Waals surface area contributed by atoms with E-state index in [0.717, 1.165) is 45.6 Å². The van der Waals surface area contributed by atoms with E-state index in [1.54, 1.807) is 25.5 Å². The number of nitrogens with zero attached hydrogens (tertiary/aromatic N) is 2. The first kappa shape index (κ1) is 20.0. The van der Waals surface area contributed by atoms with Crippen LogP contribution >= 0.6 is 11.3 Å². The van der Waals surface area contributed by atoms with Crippen LogP contribution in [0.5, 0.6) is 17.2 Å². The molecular weight excluding hydrogens is 400 g/mol. The third kappa shape index (κ3) is 4.83. The number of thiazole rings is 1. The number of benzene rings is 2. The van der Waals surface area contributed by atoms with Gasteiger partial charge in [-0.2, -0.15) is 0 Å². The van der Waals surface area contributed by atoms with E-state index in [1.165, 1.54) is 0 Å². The molecule has 0 radical (unpaired) electrons. The highest BCUT2D eigenvalue weighted by Gasteiger charge is 2.12. The highest BCUT2D eigenvalue weighted by Crippen LogP contribution is 2.32. The van der Waals surface area contributed by atoms with Crippen molar-refractivity contribution in [2.45, 2.75) is 13.0 Å². The molecule has 0 unspecified atom stereocenters. The average molecular weight is 425 g/mol. The molecule has 0 aliphatic carbocycles. The molecular formula is C22H24N4O3S. The van der Waals surface area contributed by atoms with Gasteiger partial charge >= 0.3 is 0 Å². The molecule has 1 aromatic heterocycles. The molecule has 7 nitrogen and oxygen atoms in total. The fourth-order valence-electron chi connectivity index (χ4n) is 2.99. The Morgan fingerprint density at radius 2 is 1.93 bits per heavy atom. The lowest BCUT2D eigenvalue weighted by atomic mass is 10.2.